The lowest BCUT2D eigenvalue weighted by Crippen LogP contribution is -1.92. The van der Waals surface area contributed by atoms with Gasteiger partial charge in [0.15, 0.2) is 0 Å². The van der Waals surface area contributed by atoms with Gasteiger partial charge in [-0.15, -0.1) is 11.3 Å². The Morgan fingerprint density at radius 3 is 2.16 bits per heavy atom. The average Bonchev–Trinajstić information content (AvgIpc) is 3.16. The molecule has 0 amide bonds. The first-order valence-electron chi connectivity index (χ1n) is 7.94. The van der Waals surface area contributed by atoms with Crippen molar-refractivity contribution in [3.8, 4) is 0 Å². The molecule has 0 radical (unpaired) electrons. The van der Waals surface area contributed by atoms with Crippen LogP contribution in [0.2, 0.25) is 0 Å². The smallest absolute Gasteiger partial charge is 0.328 e. The summed E-state index contributed by atoms with van der Waals surface area (Å²) in [5.74, 6) is -1.29. The molecule has 0 fully saturated rings. The van der Waals surface area contributed by atoms with Crippen molar-refractivity contribution in [3.63, 3.8) is 0 Å². The molecule has 2 heterocycles. The molecule has 7 heteroatoms. The van der Waals surface area contributed by atoms with E-state index in [1.807, 2.05) is 17.5 Å². The van der Waals surface area contributed by atoms with E-state index in [-0.39, 0.29) is 0 Å². The number of thiophene rings is 1. The van der Waals surface area contributed by atoms with Crippen LogP contribution >= 0.6 is 11.3 Å². The molecule has 2 aromatic rings. The number of hydrogen-bond donors (Lipinski definition) is 3. The van der Waals surface area contributed by atoms with Crippen LogP contribution in [-0.4, -0.2) is 32.1 Å². The van der Waals surface area contributed by atoms with E-state index in [1.165, 1.54) is 21.0 Å². The fourth-order valence-corrected chi connectivity index (χ4v) is 3.29. The second-order valence-electron chi connectivity index (χ2n) is 6.11. The van der Waals surface area contributed by atoms with E-state index >= 15 is 0 Å². The number of aromatic amines is 1. The first-order chi connectivity index (χ1) is 11.7. The Bertz CT molecular complexity index is 700. The lowest BCUT2D eigenvalue weighted by Gasteiger charge is -2.05. The second-order valence-corrected chi connectivity index (χ2v) is 7.23. The molecular formula is C18H24N2O4S. The van der Waals surface area contributed by atoms with Gasteiger partial charge in [0.05, 0.1) is 6.33 Å². The number of imidazole rings is 1. The molecule has 0 aliphatic heterocycles. The van der Waals surface area contributed by atoms with Crippen LogP contribution in [0.25, 0.3) is 0 Å². The minimum Gasteiger partial charge on any atom is -0.478 e. The normalized spacial score (nSPS) is 11.0. The number of aliphatic carboxylic acids is 2. The number of nitrogens with one attached hydrogen (secondary N) is 1. The van der Waals surface area contributed by atoms with E-state index in [4.69, 9.17) is 10.2 Å². The Kier molecular flexibility index (Phi) is 8.07. The fraction of sp³-hybridized carbons (Fsp3) is 0.389. The summed E-state index contributed by atoms with van der Waals surface area (Å²) in [6.45, 7) is 9.06. The van der Waals surface area contributed by atoms with E-state index < -0.39 is 11.9 Å². The number of rotatable bonds is 6. The highest BCUT2D eigenvalue weighted by atomic mass is 32.1. The number of carbonyl (C=O) groups is 2. The molecule has 3 N–H and O–H groups in total. The summed E-state index contributed by atoms with van der Waals surface area (Å²) in [4.78, 5) is 29.4. The average molecular weight is 364 g/mol. The van der Waals surface area contributed by atoms with Crippen LogP contribution in [0.4, 0.5) is 0 Å². The highest BCUT2D eigenvalue weighted by Crippen LogP contribution is 2.34. The predicted octanol–water partition coefficient (Wildman–Crippen LogP) is 4.02. The van der Waals surface area contributed by atoms with Crippen LogP contribution < -0.4 is 0 Å². The monoisotopic (exact) mass is 364 g/mol. The summed E-state index contributed by atoms with van der Waals surface area (Å²) in [5.41, 5.74) is 2.65. The zero-order chi connectivity index (χ0) is 19.0. The van der Waals surface area contributed by atoms with Crippen molar-refractivity contribution < 1.29 is 19.8 Å². The van der Waals surface area contributed by atoms with Crippen molar-refractivity contribution in [1.82, 2.24) is 9.97 Å². The van der Waals surface area contributed by atoms with E-state index in [9.17, 15) is 9.59 Å². The number of carboxylic acid groups (broad SMARTS) is 2. The summed E-state index contributed by atoms with van der Waals surface area (Å²) in [6.07, 6.45) is 5.75. The number of aromatic nitrogens is 2. The quantitative estimate of drug-likeness (QED) is 0.672. The molecule has 2 aromatic heterocycles. The number of H-pyrrole nitrogens is 1. The third-order valence-corrected chi connectivity index (χ3v) is 5.04. The second kappa shape index (κ2) is 9.78. The molecule has 0 aromatic carbocycles. The maximum Gasteiger partial charge on any atom is 0.328 e. The third kappa shape index (κ3) is 7.34. The maximum atomic E-state index is 9.55. The molecule has 0 bridgehead atoms. The van der Waals surface area contributed by atoms with Crippen molar-refractivity contribution in [3.05, 3.63) is 51.8 Å². The first-order valence-corrected chi connectivity index (χ1v) is 8.76. The molecule has 0 aliphatic carbocycles. The topological polar surface area (TPSA) is 103 Å². The van der Waals surface area contributed by atoms with Crippen LogP contribution in [0, 0.1) is 0 Å². The predicted molar refractivity (Wildman–Crippen MR) is 98.3 cm³/mol. The van der Waals surface area contributed by atoms with E-state index in [0.29, 0.717) is 24.0 Å². The van der Waals surface area contributed by atoms with Gasteiger partial charge >= 0.3 is 11.9 Å². The molecule has 0 unspecified atom stereocenters. The number of carboxylic acids is 2. The first kappa shape index (κ1) is 20.6. The molecule has 0 spiro atoms. The largest absolute Gasteiger partial charge is 0.478 e. The Morgan fingerprint density at radius 2 is 1.76 bits per heavy atom. The van der Waals surface area contributed by atoms with Crippen LogP contribution in [0.5, 0.6) is 0 Å². The van der Waals surface area contributed by atoms with E-state index in [0.717, 1.165) is 6.42 Å². The minimum absolute atomic E-state index is 0.558. The minimum atomic E-state index is -1.26. The van der Waals surface area contributed by atoms with Gasteiger partial charge in [-0.05, 0) is 23.5 Å². The van der Waals surface area contributed by atoms with Gasteiger partial charge < -0.3 is 15.2 Å². The molecule has 136 valence electrons. The standard InChI is InChI=1S/C14H20N2S.C4H4O4/c1-9(2)13-6-11(14(17-13)10(3)4)5-12-7-15-8-16-12;5-3(6)1-2-4(7)8/h6-10H,5H2,1-4H3,(H,15,16);1-2H,(H,5,6)(H,7,8)/b;2-1+. The highest BCUT2D eigenvalue weighted by molar-refractivity contribution is 7.12. The van der Waals surface area contributed by atoms with Gasteiger partial charge in [-0.2, -0.15) is 0 Å². The molecule has 2 rings (SSSR count). The molecule has 6 nitrogen and oxygen atoms in total. The Morgan fingerprint density at radius 1 is 1.16 bits per heavy atom. The summed E-state index contributed by atoms with van der Waals surface area (Å²) in [6, 6.07) is 2.37. The van der Waals surface area contributed by atoms with Gasteiger partial charge in [0.25, 0.3) is 0 Å². The fourth-order valence-electron chi connectivity index (χ4n) is 2.11. The van der Waals surface area contributed by atoms with Gasteiger partial charge in [0, 0.05) is 40.2 Å². The Balaban J connectivity index is 0.000000333. The molecule has 0 aliphatic rings. The zero-order valence-electron chi connectivity index (χ0n) is 14.8. The number of hydrogen-bond acceptors (Lipinski definition) is 4. The van der Waals surface area contributed by atoms with Crippen LogP contribution in [0.1, 0.15) is 60.5 Å². The van der Waals surface area contributed by atoms with Gasteiger partial charge in [0.2, 0.25) is 0 Å². The van der Waals surface area contributed by atoms with Gasteiger partial charge in [0.1, 0.15) is 0 Å². The van der Waals surface area contributed by atoms with E-state index in [1.54, 1.807) is 6.33 Å². The van der Waals surface area contributed by atoms with Gasteiger partial charge in [-0.25, -0.2) is 14.6 Å². The molecule has 25 heavy (non-hydrogen) atoms. The summed E-state index contributed by atoms with van der Waals surface area (Å²) in [5, 5.41) is 15.6. The molecule has 0 atom stereocenters. The lowest BCUT2D eigenvalue weighted by molar-refractivity contribution is -0.134. The molecule has 0 saturated heterocycles. The summed E-state index contributed by atoms with van der Waals surface area (Å²) in [7, 11) is 0. The third-order valence-electron chi connectivity index (χ3n) is 3.26. The van der Waals surface area contributed by atoms with Crippen LogP contribution in [0.3, 0.4) is 0 Å². The number of nitrogens with zero attached hydrogens (tertiary/aromatic N) is 1. The summed E-state index contributed by atoms with van der Waals surface area (Å²) < 4.78 is 0. The Labute approximate surface area is 151 Å². The van der Waals surface area contributed by atoms with E-state index in [2.05, 4.69) is 43.7 Å². The van der Waals surface area contributed by atoms with Crippen molar-refractivity contribution in [2.75, 3.05) is 0 Å². The molecule has 0 saturated carbocycles. The lowest BCUT2D eigenvalue weighted by atomic mass is 10.0. The van der Waals surface area contributed by atoms with Crippen molar-refractivity contribution in [2.45, 2.75) is 46.0 Å². The van der Waals surface area contributed by atoms with Crippen molar-refractivity contribution in [2.24, 2.45) is 0 Å². The van der Waals surface area contributed by atoms with Gasteiger partial charge in [-0.3, -0.25) is 0 Å². The zero-order valence-corrected chi connectivity index (χ0v) is 15.6. The Hall–Kier alpha value is -2.41. The maximum absolute atomic E-state index is 9.55. The SMILES string of the molecule is CC(C)c1cc(Cc2cnc[nH]2)c(C(C)C)s1.O=C(O)/C=C/C(=O)O. The molecular weight excluding hydrogens is 340 g/mol. The van der Waals surface area contributed by atoms with Crippen LogP contribution in [-0.2, 0) is 16.0 Å². The van der Waals surface area contributed by atoms with Crippen molar-refractivity contribution in [1.29, 1.82) is 0 Å². The van der Waals surface area contributed by atoms with Crippen molar-refractivity contribution >= 4 is 23.3 Å². The summed E-state index contributed by atoms with van der Waals surface area (Å²) >= 11 is 1.96. The van der Waals surface area contributed by atoms with Crippen LogP contribution in [0.15, 0.2) is 30.7 Å². The highest BCUT2D eigenvalue weighted by Gasteiger charge is 2.14. The van der Waals surface area contributed by atoms with Gasteiger partial charge in [-0.1, -0.05) is 27.7 Å².